The molecule has 1 aliphatic heterocycles. The third-order valence-electron chi connectivity index (χ3n) is 6.75. The Morgan fingerprint density at radius 2 is 1.74 bits per heavy atom. The Hall–Kier alpha value is -4.20. The maximum Gasteiger partial charge on any atom is 0.249 e. The van der Waals surface area contributed by atoms with Gasteiger partial charge in [-0.1, -0.05) is 60.7 Å². The molecule has 0 fully saturated rings. The fraction of sp³-hybridized carbons (Fsp3) is 0.333. The Morgan fingerprint density at radius 3 is 2.50 bits per heavy atom. The Kier molecular flexibility index (Phi) is 8.73. The number of fused-ring (bicyclic) bond motifs is 2. The maximum atomic E-state index is 13.3. The molecule has 0 aliphatic carbocycles. The Balaban J connectivity index is 1.47. The molecule has 3 aromatic carbocycles. The third-order valence-corrected chi connectivity index (χ3v) is 6.75. The van der Waals surface area contributed by atoms with Crippen molar-refractivity contribution in [3.8, 4) is 0 Å². The van der Waals surface area contributed by atoms with Gasteiger partial charge in [0, 0.05) is 38.5 Å². The summed E-state index contributed by atoms with van der Waals surface area (Å²) in [5, 5.41) is 10.6. The fourth-order valence-corrected chi connectivity index (χ4v) is 4.91. The molecule has 0 aromatic heterocycles. The molecule has 198 valence electrons. The van der Waals surface area contributed by atoms with Crippen molar-refractivity contribution in [1.82, 2.24) is 16.0 Å². The normalized spacial score (nSPS) is 15.8. The second kappa shape index (κ2) is 12.4. The van der Waals surface area contributed by atoms with Gasteiger partial charge in [0.1, 0.15) is 12.1 Å². The van der Waals surface area contributed by atoms with Crippen LogP contribution < -0.4 is 20.9 Å². The van der Waals surface area contributed by atoms with Crippen LogP contribution in [0.3, 0.4) is 0 Å². The molecule has 1 unspecified atom stereocenters. The van der Waals surface area contributed by atoms with Gasteiger partial charge in [0.25, 0.3) is 0 Å². The lowest BCUT2D eigenvalue weighted by Gasteiger charge is -2.26. The highest BCUT2D eigenvalue weighted by Gasteiger charge is 2.31. The van der Waals surface area contributed by atoms with Crippen molar-refractivity contribution in [2.45, 2.75) is 51.6 Å². The molecule has 4 rings (SSSR count). The van der Waals surface area contributed by atoms with Crippen LogP contribution in [-0.4, -0.2) is 48.8 Å². The van der Waals surface area contributed by atoms with Gasteiger partial charge in [-0.2, -0.15) is 0 Å². The Morgan fingerprint density at radius 1 is 1.00 bits per heavy atom. The molecule has 38 heavy (non-hydrogen) atoms. The van der Waals surface area contributed by atoms with E-state index in [1.54, 1.807) is 4.90 Å². The molecular formula is C30H34N4O4. The number of carbonyl (C=O) groups excluding carboxylic acids is 4. The second-order valence-corrected chi connectivity index (χ2v) is 9.56. The SMILES string of the molecule is CCNC(=O)[C@@H](Cc1ccc2ccccc2c1)NC(=O)CCN1C(=O)C(NC(C)=O)CCc2ccccc21. The first-order valence-corrected chi connectivity index (χ1v) is 13.1. The summed E-state index contributed by atoms with van der Waals surface area (Å²) in [6.07, 6.45) is 1.49. The predicted octanol–water partition coefficient (Wildman–Crippen LogP) is 2.88. The van der Waals surface area contributed by atoms with E-state index in [-0.39, 0.29) is 36.6 Å². The number of carbonyl (C=O) groups is 4. The van der Waals surface area contributed by atoms with Crippen molar-refractivity contribution < 1.29 is 19.2 Å². The van der Waals surface area contributed by atoms with Gasteiger partial charge in [-0.15, -0.1) is 0 Å². The van der Waals surface area contributed by atoms with E-state index in [2.05, 4.69) is 16.0 Å². The molecule has 2 atom stereocenters. The summed E-state index contributed by atoms with van der Waals surface area (Å²) in [6, 6.07) is 20.2. The molecule has 0 radical (unpaired) electrons. The number of hydrogen-bond acceptors (Lipinski definition) is 4. The summed E-state index contributed by atoms with van der Waals surface area (Å²) in [7, 11) is 0. The van der Waals surface area contributed by atoms with E-state index in [0.29, 0.717) is 25.8 Å². The number of amides is 4. The topological polar surface area (TPSA) is 108 Å². The lowest BCUT2D eigenvalue weighted by atomic mass is 10.0. The van der Waals surface area contributed by atoms with Crippen LogP contribution in [0.15, 0.2) is 66.7 Å². The van der Waals surface area contributed by atoms with Gasteiger partial charge >= 0.3 is 0 Å². The van der Waals surface area contributed by atoms with Gasteiger partial charge < -0.3 is 20.9 Å². The highest BCUT2D eigenvalue weighted by molar-refractivity contribution is 6.01. The summed E-state index contributed by atoms with van der Waals surface area (Å²) in [5.41, 5.74) is 2.68. The maximum absolute atomic E-state index is 13.3. The van der Waals surface area contributed by atoms with Crippen molar-refractivity contribution in [1.29, 1.82) is 0 Å². The number of rotatable bonds is 9. The predicted molar refractivity (Wildman–Crippen MR) is 148 cm³/mol. The molecule has 3 N–H and O–H groups in total. The molecule has 0 saturated heterocycles. The molecule has 0 spiro atoms. The number of hydrogen-bond donors (Lipinski definition) is 3. The van der Waals surface area contributed by atoms with Crippen LogP contribution >= 0.6 is 0 Å². The highest BCUT2D eigenvalue weighted by Crippen LogP contribution is 2.27. The smallest absolute Gasteiger partial charge is 0.249 e. The molecule has 0 bridgehead atoms. The van der Waals surface area contributed by atoms with Crippen LogP contribution in [0, 0.1) is 0 Å². The van der Waals surface area contributed by atoms with Gasteiger partial charge in [-0.05, 0) is 47.7 Å². The number of nitrogens with one attached hydrogen (secondary N) is 3. The Labute approximate surface area is 222 Å². The molecule has 4 amide bonds. The average molecular weight is 515 g/mol. The quantitative estimate of drug-likeness (QED) is 0.408. The summed E-state index contributed by atoms with van der Waals surface area (Å²) >= 11 is 0. The first kappa shape index (κ1) is 26.9. The number of para-hydroxylation sites is 1. The lowest BCUT2D eigenvalue weighted by Crippen LogP contribution is -2.50. The van der Waals surface area contributed by atoms with E-state index in [4.69, 9.17) is 0 Å². The van der Waals surface area contributed by atoms with Crippen LogP contribution in [0.1, 0.15) is 37.8 Å². The van der Waals surface area contributed by atoms with Gasteiger partial charge in [0.05, 0.1) is 0 Å². The van der Waals surface area contributed by atoms with Crippen molar-refractivity contribution in [3.63, 3.8) is 0 Å². The average Bonchev–Trinajstić information content (AvgIpc) is 3.03. The van der Waals surface area contributed by atoms with Gasteiger partial charge in [-0.25, -0.2) is 0 Å². The first-order chi connectivity index (χ1) is 18.4. The zero-order chi connectivity index (χ0) is 27.1. The van der Waals surface area contributed by atoms with E-state index in [9.17, 15) is 19.2 Å². The fourth-order valence-electron chi connectivity index (χ4n) is 4.91. The van der Waals surface area contributed by atoms with Gasteiger partial charge in [0.15, 0.2) is 0 Å². The third kappa shape index (κ3) is 6.56. The minimum Gasteiger partial charge on any atom is -0.355 e. The van der Waals surface area contributed by atoms with Crippen LogP contribution in [0.2, 0.25) is 0 Å². The Bertz CT molecular complexity index is 1340. The molecule has 0 saturated carbocycles. The minimum absolute atomic E-state index is 0.0144. The van der Waals surface area contributed by atoms with Crippen molar-refractivity contribution >= 4 is 40.1 Å². The lowest BCUT2D eigenvalue weighted by molar-refractivity contribution is -0.129. The monoisotopic (exact) mass is 514 g/mol. The van der Waals surface area contributed by atoms with E-state index in [1.807, 2.05) is 73.7 Å². The van der Waals surface area contributed by atoms with Crippen LogP contribution in [0.25, 0.3) is 10.8 Å². The van der Waals surface area contributed by atoms with Gasteiger partial charge in [0.2, 0.25) is 23.6 Å². The van der Waals surface area contributed by atoms with Crippen molar-refractivity contribution in [2.24, 2.45) is 0 Å². The molecule has 1 aliphatic rings. The van der Waals surface area contributed by atoms with Crippen LogP contribution in [-0.2, 0) is 32.0 Å². The second-order valence-electron chi connectivity index (χ2n) is 9.56. The molecule has 1 heterocycles. The molecule has 8 heteroatoms. The molecular weight excluding hydrogens is 480 g/mol. The van der Waals surface area contributed by atoms with Crippen molar-refractivity contribution in [2.75, 3.05) is 18.0 Å². The zero-order valence-corrected chi connectivity index (χ0v) is 21.8. The van der Waals surface area contributed by atoms with Crippen LogP contribution in [0.5, 0.6) is 0 Å². The van der Waals surface area contributed by atoms with E-state index < -0.39 is 12.1 Å². The largest absolute Gasteiger partial charge is 0.355 e. The molecule has 8 nitrogen and oxygen atoms in total. The number of nitrogens with zero attached hydrogens (tertiary/aromatic N) is 1. The number of benzene rings is 3. The summed E-state index contributed by atoms with van der Waals surface area (Å²) in [4.78, 5) is 52.5. The summed E-state index contributed by atoms with van der Waals surface area (Å²) in [5.74, 6) is -1.09. The number of likely N-dealkylation sites (N-methyl/N-ethyl adjacent to an activating group) is 1. The van der Waals surface area contributed by atoms with E-state index in [0.717, 1.165) is 27.6 Å². The highest BCUT2D eigenvalue weighted by atomic mass is 16.2. The zero-order valence-electron chi connectivity index (χ0n) is 21.8. The van der Waals surface area contributed by atoms with Crippen molar-refractivity contribution in [3.05, 3.63) is 77.9 Å². The van der Waals surface area contributed by atoms with Gasteiger partial charge in [-0.3, -0.25) is 19.2 Å². The summed E-state index contributed by atoms with van der Waals surface area (Å²) in [6.45, 7) is 3.81. The number of aryl methyl sites for hydroxylation is 1. The minimum atomic E-state index is -0.747. The van der Waals surface area contributed by atoms with E-state index in [1.165, 1.54) is 6.92 Å². The van der Waals surface area contributed by atoms with Crippen LogP contribution in [0.4, 0.5) is 5.69 Å². The van der Waals surface area contributed by atoms with E-state index >= 15 is 0 Å². The first-order valence-electron chi connectivity index (χ1n) is 13.1. The number of anilines is 1. The summed E-state index contributed by atoms with van der Waals surface area (Å²) < 4.78 is 0. The standard InChI is InChI=1S/C30H34N4O4/c1-3-31-29(37)26(19-21-12-13-22-8-4-5-10-24(22)18-21)33-28(36)16-17-34-27-11-7-6-9-23(27)14-15-25(30(34)38)32-20(2)35/h4-13,18,25-26H,3,14-17,19H2,1-2H3,(H,31,37)(H,32,35)(H,33,36)/t25?,26-/m1/s1. The molecule has 3 aromatic rings.